The minimum absolute atomic E-state index is 0.114. The number of anilines is 1. The van der Waals surface area contributed by atoms with E-state index in [0.29, 0.717) is 11.4 Å². The Kier molecular flexibility index (Phi) is 6.97. The van der Waals surface area contributed by atoms with Crippen molar-refractivity contribution in [2.75, 3.05) is 11.3 Å². The Morgan fingerprint density at radius 3 is 2.32 bits per heavy atom. The van der Waals surface area contributed by atoms with Crippen LogP contribution in [0.1, 0.15) is 29.7 Å². The van der Waals surface area contributed by atoms with Gasteiger partial charge in [0, 0.05) is 0 Å². The van der Waals surface area contributed by atoms with E-state index < -0.39 is 10.0 Å². The Morgan fingerprint density at radius 1 is 0.968 bits per heavy atom. The molecule has 31 heavy (non-hydrogen) atoms. The van der Waals surface area contributed by atoms with E-state index in [1.54, 1.807) is 6.07 Å². The van der Waals surface area contributed by atoms with Gasteiger partial charge in [0.15, 0.2) is 6.61 Å². The molecule has 0 aliphatic rings. The molecule has 162 valence electrons. The van der Waals surface area contributed by atoms with Crippen LogP contribution in [-0.4, -0.2) is 20.9 Å². The highest BCUT2D eigenvalue weighted by molar-refractivity contribution is 7.92. The number of ether oxygens (including phenoxy) is 1. The summed E-state index contributed by atoms with van der Waals surface area (Å²) >= 11 is 0. The number of carbonyl (C=O) groups is 1. The van der Waals surface area contributed by atoms with Gasteiger partial charge in [0.05, 0.1) is 16.6 Å². The third-order valence-electron chi connectivity index (χ3n) is 4.82. The molecule has 0 saturated heterocycles. The Bertz CT molecular complexity index is 1140. The van der Waals surface area contributed by atoms with Crippen LogP contribution in [0.3, 0.4) is 0 Å². The Morgan fingerprint density at radius 2 is 1.65 bits per heavy atom. The van der Waals surface area contributed by atoms with Gasteiger partial charge in [-0.25, -0.2) is 8.42 Å². The molecular weight excluding hydrogens is 412 g/mol. The van der Waals surface area contributed by atoms with Crippen LogP contribution >= 0.6 is 0 Å². The second-order valence-electron chi connectivity index (χ2n) is 7.38. The average Bonchev–Trinajstić information content (AvgIpc) is 2.75. The van der Waals surface area contributed by atoms with Crippen LogP contribution in [0, 0.1) is 13.8 Å². The maximum Gasteiger partial charge on any atom is 0.261 e. The second-order valence-corrected chi connectivity index (χ2v) is 9.07. The van der Waals surface area contributed by atoms with Gasteiger partial charge >= 0.3 is 0 Å². The third kappa shape index (κ3) is 6.08. The summed E-state index contributed by atoms with van der Waals surface area (Å²) in [4.78, 5) is 12.3. The summed E-state index contributed by atoms with van der Waals surface area (Å²) < 4.78 is 33.5. The van der Waals surface area contributed by atoms with Crippen molar-refractivity contribution >= 4 is 21.6 Å². The first-order chi connectivity index (χ1) is 14.7. The van der Waals surface area contributed by atoms with Crippen LogP contribution in [-0.2, 0) is 14.8 Å². The molecule has 6 nitrogen and oxygen atoms in total. The van der Waals surface area contributed by atoms with Gasteiger partial charge in [-0.15, -0.1) is 0 Å². The van der Waals surface area contributed by atoms with Gasteiger partial charge in [0.2, 0.25) is 0 Å². The van der Waals surface area contributed by atoms with Crippen LogP contribution in [0.25, 0.3) is 0 Å². The van der Waals surface area contributed by atoms with E-state index >= 15 is 0 Å². The summed E-state index contributed by atoms with van der Waals surface area (Å²) in [6.45, 7) is 5.48. The highest BCUT2D eigenvalue weighted by atomic mass is 32.2. The SMILES string of the molecule is Cc1ccc(C)c(NS(=O)(=O)c2ccc(OCC(=O)N[C@@H](C)c3ccccc3)cc2)c1. The van der Waals surface area contributed by atoms with Crippen molar-refractivity contribution in [2.24, 2.45) is 0 Å². The fourth-order valence-electron chi connectivity index (χ4n) is 3.02. The molecule has 1 amide bonds. The highest BCUT2D eigenvalue weighted by Gasteiger charge is 2.16. The zero-order valence-electron chi connectivity index (χ0n) is 17.8. The number of sulfonamides is 1. The summed E-state index contributed by atoms with van der Waals surface area (Å²) in [6.07, 6.45) is 0. The van der Waals surface area contributed by atoms with Crippen LogP contribution in [0.2, 0.25) is 0 Å². The molecule has 0 saturated carbocycles. The van der Waals surface area contributed by atoms with Crippen molar-refractivity contribution in [1.82, 2.24) is 5.32 Å². The van der Waals surface area contributed by atoms with E-state index in [1.165, 1.54) is 24.3 Å². The summed E-state index contributed by atoms with van der Waals surface area (Å²) in [5.41, 5.74) is 3.35. The molecule has 0 aromatic heterocycles. The van der Waals surface area contributed by atoms with E-state index in [0.717, 1.165) is 16.7 Å². The predicted molar refractivity (Wildman–Crippen MR) is 122 cm³/mol. The number of nitrogens with one attached hydrogen (secondary N) is 2. The van der Waals surface area contributed by atoms with E-state index in [4.69, 9.17) is 4.74 Å². The number of hydrogen-bond acceptors (Lipinski definition) is 4. The van der Waals surface area contributed by atoms with Crippen molar-refractivity contribution in [3.8, 4) is 5.75 Å². The minimum atomic E-state index is -3.73. The van der Waals surface area contributed by atoms with E-state index in [9.17, 15) is 13.2 Å². The number of amides is 1. The van der Waals surface area contributed by atoms with Crippen LogP contribution in [0.4, 0.5) is 5.69 Å². The molecule has 3 aromatic rings. The van der Waals surface area contributed by atoms with Gasteiger partial charge < -0.3 is 10.1 Å². The molecule has 0 bridgehead atoms. The van der Waals surface area contributed by atoms with Gasteiger partial charge in [-0.1, -0.05) is 42.5 Å². The van der Waals surface area contributed by atoms with Gasteiger partial charge in [0.1, 0.15) is 5.75 Å². The van der Waals surface area contributed by atoms with Crippen molar-refractivity contribution in [2.45, 2.75) is 31.7 Å². The maximum atomic E-state index is 12.7. The Labute approximate surface area is 183 Å². The van der Waals surface area contributed by atoms with Crippen LogP contribution < -0.4 is 14.8 Å². The lowest BCUT2D eigenvalue weighted by molar-refractivity contribution is -0.123. The van der Waals surface area contributed by atoms with Gasteiger partial charge in [-0.2, -0.15) is 0 Å². The molecule has 2 N–H and O–H groups in total. The average molecular weight is 439 g/mol. The van der Waals surface area contributed by atoms with Crippen molar-refractivity contribution in [1.29, 1.82) is 0 Å². The lowest BCUT2D eigenvalue weighted by Gasteiger charge is -2.15. The highest BCUT2D eigenvalue weighted by Crippen LogP contribution is 2.22. The molecular formula is C24H26N2O4S. The molecule has 3 aromatic carbocycles. The molecule has 0 spiro atoms. The summed E-state index contributed by atoms with van der Waals surface area (Å²) in [7, 11) is -3.73. The number of rotatable bonds is 8. The molecule has 0 aliphatic heterocycles. The third-order valence-corrected chi connectivity index (χ3v) is 6.20. The van der Waals surface area contributed by atoms with Crippen molar-refractivity contribution < 1.29 is 17.9 Å². The summed E-state index contributed by atoms with van der Waals surface area (Å²) in [5.74, 6) is 0.151. The fourth-order valence-corrected chi connectivity index (χ4v) is 4.14. The van der Waals surface area contributed by atoms with Gasteiger partial charge in [0.25, 0.3) is 15.9 Å². The predicted octanol–water partition coefficient (Wildman–Crippen LogP) is 4.36. The lowest BCUT2D eigenvalue weighted by atomic mass is 10.1. The molecule has 0 unspecified atom stereocenters. The zero-order chi connectivity index (χ0) is 22.4. The Hall–Kier alpha value is -3.32. The van der Waals surface area contributed by atoms with Crippen molar-refractivity contribution in [3.63, 3.8) is 0 Å². The molecule has 7 heteroatoms. The fraction of sp³-hybridized carbons (Fsp3) is 0.208. The van der Waals surface area contributed by atoms with Gasteiger partial charge in [-0.05, 0) is 67.8 Å². The molecule has 1 atom stereocenters. The van der Waals surface area contributed by atoms with E-state index in [2.05, 4.69) is 10.0 Å². The second kappa shape index (κ2) is 9.66. The lowest BCUT2D eigenvalue weighted by Crippen LogP contribution is -2.31. The van der Waals surface area contributed by atoms with Gasteiger partial charge in [-0.3, -0.25) is 9.52 Å². The molecule has 0 radical (unpaired) electrons. The Balaban J connectivity index is 1.58. The smallest absolute Gasteiger partial charge is 0.261 e. The largest absolute Gasteiger partial charge is 0.484 e. The quantitative estimate of drug-likeness (QED) is 0.547. The van der Waals surface area contributed by atoms with E-state index in [1.807, 2.05) is 63.2 Å². The summed E-state index contributed by atoms with van der Waals surface area (Å²) in [6, 6.07) is 21.1. The first kappa shape index (κ1) is 22.4. The van der Waals surface area contributed by atoms with E-state index in [-0.39, 0.29) is 23.5 Å². The zero-order valence-corrected chi connectivity index (χ0v) is 18.6. The number of hydrogen-bond donors (Lipinski definition) is 2. The monoisotopic (exact) mass is 438 g/mol. The van der Waals surface area contributed by atoms with Crippen molar-refractivity contribution in [3.05, 3.63) is 89.5 Å². The topological polar surface area (TPSA) is 84.5 Å². The first-order valence-corrected chi connectivity index (χ1v) is 11.4. The number of carbonyl (C=O) groups excluding carboxylic acids is 1. The number of benzene rings is 3. The molecule has 0 heterocycles. The number of aryl methyl sites for hydroxylation is 2. The molecule has 0 fully saturated rings. The van der Waals surface area contributed by atoms with Crippen LogP contribution in [0.15, 0.2) is 77.7 Å². The minimum Gasteiger partial charge on any atom is -0.484 e. The maximum absolute atomic E-state index is 12.7. The standard InChI is InChI=1S/C24H26N2O4S/c1-17-9-10-18(2)23(15-17)26-31(28,29)22-13-11-21(12-14-22)30-16-24(27)25-19(3)20-7-5-4-6-8-20/h4-15,19,26H,16H2,1-3H3,(H,25,27)/t19-/m0/s1. The first-order valence-electron chi connectivity index (χ1n) is 9.92. The molecule has 3 rings (SSSR count). The molecule has 0 aliphatic carbocycles. The van der Waals surface area contributed by atoms with Crippen LogP contribution in [0.5, 0.6) is 5.75 Å². The summed E-state index contributed by atoms with van der Waals surface area (Å²) in [5, 5.41) is 2.87. The normalized spacial score (nSPS) is 12.1.